The first kappa shape index (κ1) is 11.7. The van der Waals surface area contributed by atoms with Crippen molar-refractivity contribution < 1.29 is 9.47 Å². The van der Waals surface area contributed by atoms with Gasteiger partial charge in [0.15, 0.2) is 0 Å². The summed E-state index contributed by atoms with van der Waals surface area (Å²) in [7, 11) is 3.72. The molecule has 1 aromatic carbocycles. The van der Waals surface area contributed by atoms with E-state index >= 15 is 0 Å². The summed E-state index contributed by atoms with van der Waals surface area (Å²) in [4.78, 5) is 2.18. The Morgan fingerprint density at radius 1 is 1.33 bits per heavy atom. The van der Waals surface area contributed by atoms with Crippen molar-refractivity contribution in [1.82, 2.24) is 0 Å². The average molecular weight is 209 g/mol. The highest BCUT2D eigenvalue weighted by Gasteiger charge is 2.14. The lowest BCUT2D eigenvalue weighted by atomic mass is 10.2. The predicted octanol–water partition coefficient (Wildman–Crippen LogP) is 2.55. The molecular weight excluding hydrogens is 190 g/mol. The molecule has 1 aliphatic heterocycles. The minimum atomic E-state index is 0.747. The van der Waals surface area contributed by atoms with Crippen LogP contribution in [0.5, 0.6) is 11.5 Å². The van der Waals surface area contributed by atoms with Gasteiger partial charge in [-0.2, -0.15) is 0 Å². The molecule has 0 unspecified atom stereocenters. The Labute approximate surface area is 91.6 Å². The molecule has 1 aromatic rings. The van der Waals surface area contributed by atoms with E-state index in [1.54, 1.807) is 7.11 Å². The maximum atomic E-state index is 5.51. The number of hydrogen-bond donors (Lipinski definition) is 0. The van der Waals surface area contributed by atoms with E-state index in [1.807, 2.05) is 32.0 Å². The van der Waals surface area contributed by atoms with E-state index < -0.39 is 0 Å². The summed E-state index contributed by atoms with van der Waals surface area (Å²) < 4.78 is 10.6. The summed E-state index contributed by atoms with van der Waals surface area (Å²) in [5.74, 6) is 1.75. The Hall–Kier alpha value is -1.38. The van der Waals surface area contributed by atoms with Crippen molar-refractivity contribution in [3.63, 3.8) is 0 Å². The number of likely N-dealkylation sites (N-methyl/N-ethyl adjacent to an activating group) is 1. The predicted molar refractivity (Wildman–Crippen MR) is 63.1 cm³/mol. The highest BCUT2D eigenvalue weighted by Crippen LogP contribution is 2.33. The summed E-state index contributed by atoms with van der Waals surface area (Å²) in [6.45, 7) is 5.69. The third-order valence-corrected chi connectivity index (χ3v) is 2.26. The van der Waals surface area contributed by atoms with E-state index in [2.05, 4.69) is 11.9 Å². The van der Waals surface area contributed by atoms with E-state index in [0.717, 1.165) is 30.3 Å². The van der Waals surface area contributed by atoms with Crippen LogP contribution in [0.25, 0.3) is 0 Å². The molecule has 0 amide bonds. The smallest absolute Gasteiger partial charge is 0.146 e. The lowest BCUT2D eigenvalue weighted by Gasteiger charge is -2.27. The van der Waals surface area contributed by atoms with Gasteiger partial charge in [-0.15, -0.1) is 0 Å². The molecule has 2 rings (SSSR count). The van der Waals surface area contributed by atoms with Crippen molar-refractivity contribution in [3.05, 3.63) is 18.2 Å². The van der Waals surface area contributed by atoms with Crippen molar-refractivity contribution in [3.8, 4) is 11.5 Å². The molecule has 0 fully saturated rings. The first-order valence-electron chi connectivity index (χ1n) is 5.33. The monoisotopic (exact) mass is 209 g/mol. The zero-order valence-corrected chi connectivity index (χ0v) is 9.91. The highest BCUT2D eigenvalue weighted by atomic mass is 16.5. The number of nitrogens with zero attached hydrogens (tertiary/aromatic N) is 1. The molecular formula is C12H19NO2. The van der Waals surface area contributed by atoms with Crippen LogP contribution in [0.15, 0.2) is 18.2 Å². The number of methoxy groups -OCH3 is 1. The minimum Gasteiger partial charge on any atom is -0.497 e. The molecule has 0 atom stereocenters. The van der Waals surface area contributed by atoms with E-state index in [4.69, 9.17) is 9.47 Å². The van der Waals surface area contributed by atoms with Crippen LogP contribution in [0.4, 0.5) is 5.69 Å². The van der Waals surface area contributed by atoms with Gasteiger partial charge in [0, 0.05) is 13.1 Å². The number of fused-ring (bicyclic) bond motifs is 1. The first-order chi connectivity index (χ1) is 7.31. The van der Waals surface area contributed by atoms with E-state index in [0.29, 0.717) is 0 Å². The van der Waals surface area contributed by atoms with Gasteiger partial charge in [-0.1, -0.05) is 13.8 Å². The van der Waals surface area contributed by atoms with Crippen LogP contribution in [0.1, 0.15) is 13.8 Å². The molecule has 0 aromatic heterocycles. The largest absolute Gasteiger partial charge is 0.497 e. The number of anilines is 1. The Bertz CT molecular complexity index is 312. The van der Waals surface area contributed by atoms with E-state index in [-0.39, 0.29) is 0 Å². The van der Waals surface area contributed by atoms with Gasteiger partial charge in [-0.05, 0) is 12.1 Å². The summed E-state index contributed by atoms with van der Waals surface area (Å²) in [6, 6.07) is 5.89. The Balaban J connectivity index is 0.000000531. The molecule has 15 heavy (non-hydrogen) atoms. The molecule has 84 valence electrons. The van der Waals surface area contributed by atoms with Gasteiger partial charge in [0.05, 0.1) is 19.3 Å². The molecule has 0 spiro atoms. The normalized spacial score (nSPS) is 13.2. The van der Waals surface area contributed by atoms with Gasteiger partial charge in [-0.3, -0.25) is 0 Å². The fourth-order valence-corrected chi connectivity index (χ4v) is 1.47. The lowest BCUT2D eigenvalue weighted by Crippen LogP contribution is -2.28. The quantitative estimate of drug-likeness (QED) is 0.709. The van der Waals surface area contributed by atoms with E-state index in [9.17, 15) is 0 Å². The summed E-state index contributed by atoms with van der Waals surface area (Å²) in [6.07, 6.45) is 0. The zero-order valence-electron chi connectivity index (χ0n) is 9.91. The maximum absolute atomic E-state index is 5.51. The van der Waals surface area contributed by atoms with Crippen molar-refractivity contribution in [1.29, 1.82) is 0 Å². The summed E-state index contributed by atoms with van der Waals surface area (Å²) in [5, 5.41) is 0. The van der Waals surface area contributed by atoms with Crippen molar-refractivity contribution >= 4 is 5.69 Å². The second-order valence-electron chi connectivity index (χ2n) is 3.10. The lowest BCUT2D eigenvalue weighted by molar-refractivity contribution is 0.308. The fraction of sp³-hybridized carbons (Fsp3) is 0.500. The molecule has 0 radical (unpaired) electrons. The van der Waals surface area contributed by atoms with Crippen LogP contribution in [0, 0.1) is 0 Å². The molecule has 0 saturated carbocycles. The van der Waals surface area contributed by atoms with E-state index in [1.165, 1.54) is 0 Å². The Morgan fingerprint density at radius 2 is 2.07 bits per heavy atom. The third-order valence-electron chi connectivity index (χ3n) is 2.26. The minimum absolute atomic E-state index is 0.747. The molecule has 3 nitrogen and oxygen atoms in total. The highest BCUT2D eigenvalue weighted by molar-refractivity contribution is 5.61. The Morgan fingerprint density at radius 3 is 2.73 bits per heavy atom. The van der Waals surface area contributed by atoms with Gasteiger partial charge in [0.2, 0.25) is 0 Å². The van der Waals surface area contributed by atoms with Gasteiger partial charge < -0.3 is 14.4 Å². The van der Waals surface area contributed by atoms with Gasteiger partial charge in [-0.25, -0.2) is 0 Å². The average Bonchev–Trinajstić information content (AvgIpc) is 2.31. The third kappa shape index (κ3) is 2.55. The molecule has 0 aliphatic carbocycles. The molecule has 0 bridgehead atoms. The Kier molecular flexibility index (Phi) is 4.28. The van der Waals surface area contributed by atoms with Gasteiger partial charge >= 0.3 is 0 Å². The van der Waals surface area contributed by atoms with Crippen LogP contribution in [0.2, 0.25) is 0 Å². The summed E-state index contributed by atoms with van der Waals surface area (Å²) >= 11 is 0. The maximum Gasteiger partial charge on any atom is 0.146 e. The van der Waals surface area contributed by atoms with Crippen molar-refractivity contribution in [2.24, 2.45) is 0 Å². The van der Waals surface area contributed by atoms with Crippen molar-refractivity contribution in [2.45, 2.75) is 13.8 Å². The number of hydrogen-bond acceptors (Lipinski definition) is 3. The fourth-order valence-electron chi connectivity index (χ4n) is 1.47. The van der Waals surface area contributed by atoms with Gasteiger partial charge in [0.1, 0.15) is 18.1 Å². The van der Waals surface area contributed by atoms with Crippen LogP contribution in [-0.4, -0.2) is 27.3 Å². The van der Waals surface area contributed by atoms with Crippen LogP contribution in [-0.2, 0) is 0 Å². The topological polar surface area (TPSA) is 21.7 Å². The van der Waals surface area contributed by atoms with Crippen molar-refractivity contribution in [2.75, 3.05) is 32.2 Å². The number of rotatable bonds is 1. The SMILES string of the molecule is CC.COc1ccc2c(c1)OCCN2C. The van der Waals surface area contributed by atoms with Crippen LogP contribution < -0.4 is 14.4 Å². The molecule has 1 heterocycles. The van der Waals surface area contributed by atoms with Gasteiger partial charge in [0.25, 0.3) is 0 Å². The number of ether oxygens (including phenoxy) is 2. The zero-order chi connectivity index (χ0) is 11.3. The summed E-state index contributed by atoms with van der Waals surface area (Å²) in [5.41, 5.74) is 1.13. The molecule has 0 saturated heterocycles. The number of benzene rings is 1. The molecule has 1 aliphatic rings. The second kappa shape index (κ2) is 5.49. The molecule has 3 heteroatoms. The molecule has 0 N–H and O–H groups in total. The van der Waals surface area contributed by atoms with Crippen LogP contribution in [0.3, 0.4) is 0 Å². The second-order valence-corrected chi connectivity index (χ2v) is 3.10. The standard InChI is InChI=1S/C10H13NO2.C2H6/c1-11-5-6-13-10-7-8(12-2)3-4-9(10)11;1-2/h3-4,7H,5-6H2,1-2H3;1-2H3. The first-order valence-corrected chi connectivity index (χ1v) is 5.33. The van der Waals surface area contributed by atoms with Crippen LogP contribution >= 0.6 is 0 Å².